The van der Waals surface area contributed by atoms with E-state index in [1.165, 1.54) is 0 Å². The summed E-state index contributed by atoms with van der Waals surface area (Å²) in [5.41, 5.74) is 0.824. The summed E-state index contributed by atoms with van der Waals surface area (Å²) < 4.78 is 0. The van der Waals surface area contributed by atoms with Crippen molar-refractivity contribution in [1.29, 1.82) is 0 Å². The number of aromatic carboxylic acids is 1. The van der Waals surface area contributed by atoms with Gasteiger partial charge in [0, 0.05) is 0 Å². The van der Waals surface area contributed by atoms with Crippen molar-refractivity contribution < 1.29 is 14.7 Å². The minimum atomic E-state index is -1.13. The smallest absolute Gasteiger partial charge is 0.359 e. The monoisotopic (exact) mass is 219 g/mol. The van der Waals surface area contributed by atoms with E-state index in [4.69, 9.17) is 9.94 Å². The van der Waals surface area contributed by atoms with Crippen LogP contribution in [0.15, 0.2) is 36.5 Å². The van der Waals surface area contributed by atoms with E-state index in [-0.39, 0.29) is 12.3 Å². The highest BCUT2D eigenvalue weighted by Crippen LogP contribution is 2.00. The van der Waals surface area contributed by atoms with Gasteiger partial charge in [-0.05, 0) is 10.8 Å². The Hall–Kier alpha value is -2.37. The third-order valence-corrected chi connectivity index (χ3v) is 1.93. The lowest BCUT2D eigenvalue weighted by Gasteiger charge is -2.05. The zero-order chi connectivity index (χ0) is 11.4. The van der Waals surface area contributed by atoms with Gasteiger partial charge in [-0.1, -0.05) is 35.2 Å². The fourth-order valence-electron chi connectivity index (χ4n) is 1.17. The predicted molar refractivity (Wildman–Crippen MR) is 53.7 cm³/mol. The summed E-state index contributed by atoms with van der Waals surface area (Å²) >= 11 is 0. The van der Waals surface area contributed by atoms with Crippen molar-refractivity contribution >= 4 is 5.97 Å². The molecule has 0 aliphatic heterocycles. The van der Waals surface area contributed by atoms with Gasteiger partial charge >= 0.3 is 5.97 Å². The maximum absolute atomic E-state index is 10.7. The van der Waals surface area contributed by atoms with Crippen LogP contribution in [-0.2, 0) is 6.61 Å². The van der Waals surface area contributed by atoms with Crippen LogP contribution in [0.3, 0.4) is 0 Å². The summed E-state index contributed by atoms with van der Waals surface area (Å²) in [4.78, 5) is 16.8. The van der Waals surface area contributed by atoms with Gasteiger partial charge < -0.3 is 9.94 Å². The molecular formula is C10H9N3O3. The van der Waals surface area contributed by atoms with Crippen molar-refractivity contribution in [2.75, 3.05) is 0 Å². The summed E-state index contributed by atoms with van der Waals surface area (Å²) in [6.07, 6.45) is 1.13. The van der Waals surface area contributed by atoms with Gasteiger partial charge in [0.2, 0.25) is 5.69 Å². The van der Waals surface area contributed by atoms with Crippen LogP contribution in [0.1, 0.15) is 16.1 Å². The van der Waals surface area contributed by atoms with Crippen LogP contribution in [0.4, 0.5) is 0 Å². The van der Waals surface area contributed by atoms with Gasteiger partial charge in [0.05, 0.1) is 6.20 Å². The number of nitrogens with zero attached hydrogens (tertiary/aromatic N) is 3. The first-order valence-corrected chi connectivity index (χ1v) is 4.58. The van der Waals surface area contributed by atoms with E-state index in [9.17, 15) is 4.79 Å². The van der Waals surface area contributed by atoms with E-state index < -0.39 is 5.97 Å². The molecule has 2 rings (SSSR count). The molecule has 0 bridgehead atoms. The number of rotatable bonds is 4. The molecule has 6 heteroatoms. The van der Waals surface area contributed by atoms with Crippen molar-refractivity contribution in [3.8, 4) is 0 Å². The lowest BCUT2D eigenvalue weighted by atomic mass is 10.2. The largest absolute Gasteiger partial charge is 0.476 e. The van der Waals surface area contributed by atoms with E-state index in [1.54, 1.807) is 0 Å². The second-order valence-electron chi connectivity index (χ2n) is 3.06. The molecule has 0 aliphatic carbocycles. The van der Waals surface area contributed by atoms with Crippen LogP contribution in [0.5, 0.6) is 0 Å². The minimum absolute atomic E-state index is 0.101. The lowest BCUT2D eigenvalue weighted by Crippen LogP contribution is -2.18. The molecule has 0 spiro atoms. The van der Waals surface area contributed by atoms with Gasteiger partial charge in [-0.2, -0.15) is 0 Å². The molecule has 0 atom stereocenters. The van der Waals surface area contributed by atoms with Gasteiger partial charge in [-0.3, -0.25) is 0 Å². The quantitative estimate of drug-likeness (QED) is 0.814. The number of carboxylic acids is 1. The molecule has 2 aromatic rings. The second-order valence-corrected chi connectivity index (χ2v) is 3.06. The Labute approximate surface area is 91.0 Å². The number of carbonyl (C=O) groups is 1. The first-order valence-electron chi connectivity index (χ1n) is 4.58. The molecule has 16 heavy (non-hydrogen) atoms. The van der Waals surface area contributed by atoms with Crippen molar-refractivity contribution in [2.45, 2.75) is 6.61 Å². The zero-order valence-corrected chi connectivity index (χ0v) is 8.28. The molecule has 0 fully saturated rings. The Bertz CT molecular complexity index is 481. The molecule has 1 heterocycles. The first-order chi connectivity index (χ1) is 7.77. The topological polar surface area (TPSA) is 77.2 Å². The second kappa shape index (κ2) is 4.43. The Kier molecular flexibility index (Phi) is 2.81. The van der Waals surface area contributed by atoms with E-state index in [2.05, 4.69) is 10.3 Å². The molecule has 1 N–H and O–H groups in total. The van der Waals surface area contributed by atoms with Crippen molar-refractivity contribution in [2.24, 2.45) is 0 Å². The molecular weight excluding hydrogens is 210 g/mol. The third kappa shape index (κ3) is 2.17. The standard InChI is InChI=1S/C10H9N3O3/c14-10(15)9-6-11-12-13(9)16-7-8-4-2-1-3-5-8/h1-6H,7H2,(H,14,15). The van der Waals surface area contributed by atoms with Gasteiger partial charge in [-0.25, -0.2) is 4.79 Å². The van der Waals surface area contributed by atoms with Crippen molar-refractivity contribution in [3.05, 3.63) is 47.8 Å². The average Bonchev–Trinajstić information content (AvgIpc) is 2.76. The fraction of sp³-hybridized carbons (Fsp3) is 0.100. The molecule has 0 radical (unpaired) electrons. The highest BCUT2D eigenvalue weighted by atomic mass is 16.7. The molecule has 0 aliphatic rings. The fourth-order valence-corrected chi connectivity index (χ4v) is 1.17. The van der Waals surface area contributed by atoms with E-state index in [0.29, 0.717) is 0 Å². The molecule has 6 nitrogen and oxygen atoms in total. The summed E-state index contributed by atoms with van der Waals surface area (Å²) in [7, 11) is 0. The molecule has 82 valence electrons. The number of aromatic nitrogens is 3. The lowest BCUT2D eigenvalue weighted by molar-refractivity contribution is 0.0445. The van der Waals surface area contributed by atoms with Gasteiger partial charge in [-0.15, -0.1) is 5.10 Å². The van der Waals surface area contributed by atoms with Gasteiger partial charge in [0.1, 0.15) is 6.61 Å². The van der Waals surface area contributed by atoms with Crippen LogP contribution in [-0.4, -0.2) is 26.2 Å². The summed E-state index contributed by atoms with van der Waals surface area (Å²) in [6, 6.07) is 9.38. The maximum atomic E-state index is 10.7. The van der Waals surface area contributed by atoms with Crippen molar-refractivity contribution in [1.82, 2.24) is 15.2 Å². The highest BCUT2D eigenvalue weighted by molar-refractivity contribution is 5.84. The number of benzene rings is 1. The Morgan fingerprint density at radius 2 is 2.12 bits per heavy atom. The molecule has 0 saturated carbocycles. The van der Waals surface area contributed by atoms with Crippen LogP contribution >= 0.6 is 0 Å². The van der Waals surface area contributed by atoms with Gasteiger partial charge in [0.25, 0.3) is 0 Å². The minimum Gasteiger partial charge on any atom is -0.476 e. The van der Waals surface area contributed by atoms with Gasteiger partial charge in [0.15, 0.2) is 0 Å². The SMILES string of the molecule is O=C(O)c1cnnn1OCc1ccccc1. The highest BCUT2D eigenvalue weighted by Gasteiger charge is 2.12. The maximum Gasteiger partial charge on any atom is 0.359 e. The summed E-state index contributed by atoms with van der Waals surface area (Å²) in [5.74, 6) is -1.13. The molecule has 0 amide bonds. The van der Waals surface area contributed by atoms with Crippen LogP contribution in [0.2, 0.25) is 0 Å². The molecule has 1 aromatic carbocycles. The van der Waals surface area contributed by atoms with E-state index in [0.717, 1.165) is 16.6 Å². The Morgan fingerprint density at radius 3 is 2.81 bits per heavy atom. The molecule has 1 aromatic heterocycles. The third-order valence-electron chi connectivity index (χ3n) is 1.93. The zero-order valence-electron chi connectivity index (χ0n) is 8.28. The van der Waals surface area contributed by atoms with E-state index >= 15 is 0 Å². The number of hydrogen-bond donors (Lipinski definition) is 1. The van der Waals surface area contributed by atoms with Crippen LogP contribution < -0.4 is 4.84 Å². The van der Waals surface area contributed by atoms with Crippen molar-refractivity contribution in [3.63, 3.8) is 0 Å². The van der Waals surface area contributed by atoms with E-state index in [1.807, 2.05) is 30.3 Å². The first kappa shape index (κ1) is 10.2. The molecule has 0 unspecified atom stereocenters. The van der Waals surface area contributed by atoms with Crippen LogP contribution in [0.25, 0.3) is 0 Å². The summed E-state index contributed by atoms with van der Waals surface area (Å²) in [5, 5.41) is 15.7. The number of carboxylic acid groups (broad SMARTS) is 1. The normalized spacial score (nSPS) is 10.0. The summed E-state index contributed by atoms with van der Waals surface area (Å²) in [6.45, 7) is 0.241. The number of hydrogen-bond acceptors (Lipinski definition) is 4. The molecule has 0 saturated heterocycles. The Balaban J connectivity index is 2.05. The Morgan fingerprint density at radius 1 is 1.38 bits per heavy atom. The average molecular weight is 219 g/mol. The predicted octanol–water partition coefficient (Wildman–Crippen LogP) is 0.605. The van der Waals surface area contributed by atoms with Crippen LogP contribution in [0, 0.1) is 0 Å².